The molecular weight excluding hydrogens is 290 g/mol. The minimum absolute atomic E-state index is 0.0754. The van der Waals surface area contributed by atoms with Crippen molar-refractivity contribution in [1.29, 1.82) is 0 Å². The minimum atomic E-state index is -0.940. The number of imide groups is 1. The number of benzene rings is 2. The third-order valence-corrected chi connectivity index (χ3v) is 3.74. The van der Waals surface area contributed by atoms with Gasteiger partial charge in [-0.2, -0.15) is 0 Å². The third kappa shape index (κ3) is 2.44. The Morgan fingerprint density at radius 3 is 2.00 bits per heavy atom. The maximum absolute atomic E-state index is 12.2. The highest BCUT2D eigenvalue weighted by Crippen LogP contribution is 2.25. The average Bonchev–Trinajstić information content (AvgIpc) is 2.73. The topological polar surface area (TPSA) is 57.6 Å². The SMILES string of the molecule is O=C1c2ccccc2C(=O)N1C[C@H](O)c1ccc(Cl)cc1. The maximum atomic E-state index is 12.2. The summed E-state index contributed by atoms with van der Waals surface area (Å²) in [5, 5.41) is 10.8. The van der Waals surface area contributed by atoms with Gasteiger partial charge in [-0.25, -0.2) is 0 Å². The Kier molecular flexibility index (Phi) is 3.49. The first-order valence-electron chi connectivity index (χ1n) is 6.46. The summed E-state index contributed by atoms with van der Waals surface area (Å²) in [4.78, 5) is 25.5. The van der Waals surface area contributed by atoms with Crippen molar-refractivity contribution in [3.05, 3.63) is 70.2 Å². The lowest BCUT2D eigenvalue weighted by Crippen LogP contribution is -2.33. The predicted molar refractivity (Wildman–Crippen MR) is 78.2 cm³/mol. The van der Waals surface area contributed by atoms with Gasteiger partial charge in [-0.05, 0) is 29.8 Å². The second kappa shape index (κ2) is 5.31. The van der Waals surface area contributed by atoms with E-state index in [-0.39, 0.29) is 18.4 Å². The number of hydrogen-bond donors (Lipinski definition) is 1. The molecule has 5 heteroatoms. The molecule has 0 saturated carbocycles. The molecule has 1 N–H and O–H groups in total. The number of carbonyl (C=O) groups excluding carboxylic acids is 2. The van der Waals surface area contributed by atoms with E-state index >= 15 is 0 Å². The summed E-state index contributed by atoms with van der Waals surface area (Å²) in [6.07, 6.45) is -0.940. The second-order valence-corrected chi connectivity index (χ2v) is 5.27. The molecule has 1 atom stereocenters. The van der Waals surface area contributed by atoms with Crippen molar-refractivity contribution in [2.24, 2.45) is 0 Å². The number of amides is 2. The Bertz CT molecular complexity index is 677. The monoisotopic (exact) mass is 301 g/mol. The number of rotatable bonds is 3. The zero-order valence-electron chi connectivity index (χ0n) is 11.0. The predicted octanol–water partition coefficient (Wildman–Crippen LogP) is 2.67. The fourth-order valence-electron chi connectivity index (χ4n) is 2.37. The molecule has 1 aliphatic rings. The Morgan fingerprint density at radius 1 is 0.952 bits per heavy atom. The molecule has 0 fully saturated rings. The summed E-state index contributed by atoms with van der Waals surface area (Å²) < 4.78 is 0. The summed E-state index contributed by atoms with van der Waals surface area (Å²) >= 11 is 5.79. The Hall–Kier alpha value is -2.17. The molecule has 1 aliphatic heterocycles. The summed E-state index contributed by atoms with van der Waals surface area (Å²) in [5.74, 6) is -0.743. The van der Waals surface area contributed by atoms with E-state index in [2.05, 4.69) is 0 Å². The van der Waals surface area contributed by atoms with E-state index < -0.39 is 6.10 Å². The number of aliphatic hydroxyl groups excluding tert-OH is 1. The van der Waals surface area contributed by atoms with Crippen LogP contribution in [-0.4, -0.2) is 28.4 Å². The van der Waals surface area contributed by atoms with Crippen molar-refractivity contribution in [1.82, 2.24) is 4.90 Å². The smallest absolute Gasteiger partial charge is 0.261 e. The molecule has 0 aromatic heterocycles. The van der Waals surface area contributed by atoms with Gasteiger partial charge >= 0.3 is 0 Å². The van der Waals surface area contributed by atoms with Crippen molar-refractivity contribution in [3.63, 3.8) is 0 Å². The van der Waals surface area contributed by atoms with Gasteiger partial charge in [0.25, 0.3) is 11.8 Å². The van der Waals surface area contributed by atoms with Gasteiger partial charge in [0.05, 0.1) is 23.8 Å². The number of fused-ring (bicyclic) bond motifs is 1. The van der Waals surface area contributed by atoms with Gasteiger partial charge in [0.1, 0.15) is 0 Å². The largest absolute Gasteiger partial charge is 0.387 e. The van der Waals surface area contributed by atoms with Gasteiger partial charge in [-0.1, -0.05) is 35.9 Å². The Balaban J connectivity index is 1.82. The average molecular weight is 302 g/mol. The van der Waals surface area contributed by atoms with E-state index in [1.807, 2.05) is 0 Å². The third-order valence-electron chi connectivity index (χ3n) is 3.49. The lowest BCUT2D eigenvalue weighted by atomic mass is 10.1. The molecule has 2 aromatic rings. The van der Waals surface area contributed by atoms with Crippen LogP contribution in [0.4, 0.5) is 0 Å². The van der Waals surface area contributed by atoms with Gasteiger partial charge in [0.2, 0.25) is 0 Å². The summed E-state index contributed by atoms with van der Waals surface area (Å²) in [5.41, 5.74) is 1.37. The summed E-state index contributed by atoms with van der Waals surface area (Å²) in [7, 11) is 0. The maximum Gasteiger partial charge on any atom is 0.261 e. The molecule has 21 heavy (non-hydrogen) atoms. The minimum Gasteiger partial charge on any atom is -0.387 e. The highest BCUT2D eigenvalue weighted by Gasteiger charge is 2.36. The van der Waals surface area contributed by atoms with Crippen LogP contribution in [0.25, 0.3) is 0 Å². The quantitative estimate of drug-likeness (QED) is 0.887. The van der Waals surface area contributed by atoms with Crippen LogP contribution in [0, 0.1) is 0 Å². The van der Waals surface area contributed by atoms with E-state index in [1.165, 1.54) is 0 Å². The van der Waals surface area contributed by atoms with Gasteiger partial charge in [-0.15, -0.1) is 0 Å². The van der Waals surface area contributed by atoms with Crippen molar-refractivity contribution in [2.45, 2.75) is 6.10 Å². The van der Waals surface area contributed by atoms with E-state index in [4.69, 9.17) is 11.6 Å². The number of nitrogens with zero attached hydrogens (tertiary/aromatic N) is 1. The van der Waals surface area contributed by atoms with Gasteiger partial charge < -0.3 is 5.11 Å². The zero-order valence-corrected chi connectivity index (χ0v) is 11.7. The molecule has 2 aromatic carbocycles. The van der Waals surface area contributed by atoms with Crippen molar-refractivity contribution < 1.29 is 14.7 Å². The van der Waals surface area contributed by atoms with Crippen molar-refractivity contribution in [3.8, 4) is 0 Å². The van der Waals surface area contributed by atoms with Crippen LogP contribution in [0.2, 0.25) is 5.02 Å². The molecule has 0 saturated heterocycles. The fourth-order valence-corrected chi connectivity index (χ4v) is 2.49. The lowest BCUT2D eigenvalue weighted by molar-refractivity contribution is 0.0543. The molecule has 2 amide bonds. The summed E-state index contributed by atoms with van der Waals surface area (Å²) in [6.45, 7) is -0.0754. The normalized spacial score (nSPS) is 15.2. The standard InChI is InChI=1S/C16H12ClNO3/c17-11-7-5-10(6-8-11)14(19)9-18-15(20)12-3-1-2-4-13(12)16(18)21/h1-8,14,19H,9H2/t14-/m0/s1. The van der Waals surface area contributed by atoms with Crippen LogP contribution in [0.1, 0.15) is 32.4 Å². The van der Waals surface area contributed by atoms with Gasteiger partial charge in [0.15, 0.2) is 0 Å². The molecule has 0 bridgehead atoms. The first-order valence-corrected chi connectivity index (χ1v) is 6.84. The molecule has 106 valence electrons. The Labute approximate surface area is 126 Å². The van der Waals surface area contributed by atoms with Crippen molar-refractivity contribution in [2.75, 3.05) is 6.54 Å². The molecule has 3 rings (SSSR count). The van der Waals surface area contributed by atoms with Gasteiger partial charge in [0, 0.05) is 5.02 Å². The summed E-state index contributed by atoms with van der Waals surface area (Å²) in [6, 6.07) is 13.3. The van der Waals surface area contributed by atoms with E-state index in [0.717, 1.165) is 4.90 Å². The fraction of sp³-hybridized carbons (Fsp3) is 0.125. The lowest BCUT2D eigenvalue weighted by Gasteiger charge is -2.18. The molecule has 0 spiro atoms. The Morgan fingerprint density at radius 2 is 1.48 bits per heavy atom. The van der Waals surface area contributed by atoms with Crippen LogP contribution >= 0.6 is 11.6 Å². The van der Waals surface area contributed by atoms with E-state index in [1.54, 1.807) is 48.5 Å². The molecule has 0 unspecified atom stereocenters. The molecule has 0 radical (unpaired) electrons. The second-order valence-electron chi connectivity index (χ2n) is 4.83. The number of halogens is 1. The van der Waals surface area contributed by atoms with E-state index in [9.17, 15) is 14.7 Å². The molecule has 0 aliphatic carbocycles. The molecular formula is C16H12ClNO3. The van der Waals surface area contributed by atoms with Crippen molar-refractivity contribution >= 4 is 23.4 Å². The van der Waals surface area contributed by atoms with Crippen LogP contribution in [0.3, 0.4) is 0 Å². The zero-order chi connectivity index (χ0) is 15.0. The van der Waals surface area contributed by atoms with Crippen LogP contribution in [0.5, 0.6) is 0 Å². The van der Waals surface area contributed by atoms with Crippen LogP contribution in [0.15, 0.2) is 48.5 Å². The number of hydrogen-bond acceptors (Lipinski definition) is 3. The van der Waals surface area contributed by atoms with E-state index in [0.29, 0.717) is 21.7 Å². The number of β-amino-alcohol motifs (C(OH)–C–C–N with tert-alkyl or cyclic N) is 1. The number of carbonyl (C=O) groups is 2. The first-order chi connectivity index (χ1) is 10.1. The number of aliphatic hydroxyl groups is 1. The van der Waals surface area contributed by atoms with Gasteiger partial charge in [-0.3, -0.25) is 14.5 Å². The highest BCUT2D eigenvalue weighted by molar-refractivity contribution is 6.30. The molecule has 1 heterocycles. The van der Waals surface area contributed by atoms with Crippen LogP contribution in [-0.2, 0) is 0 Å². The molecule has 4 nitrogen and oxygen atoms in total. The van der Waals surface area contributed by atoms with Crippen LogP contribution < -0.4 is 0 Å². The highest BCUT2D eigenvalue weighted by atomic mass is 35.5. The first kappa shape index (κ1) is 13.8.